The van der Waals surface area contributed by atoms with Crippen LogP contribution in [0.15, 0.2) is 63.1 Å². The van der Waals surface area contributed by atoms with Crippen molar-refractivity contribution in [3.05, 3.63) is 53.0 Å². The third-order valence-electron chi connectivity index (χ3n) is 3.84. The van der Waals surface area contributed by atoms with E-state index in [0.717, 1.165) is 15.8 Å². The van der Waals surface area contributed by atoms with Gasteiger partial charge in [-0.15, -0.1) is 10.2 Å². The lowest BCUT2D eigenvalue weighted by atomic mass is 10.2. The van der Waals surface area contributed by atoms with E-state index in [1.165, 1.54) is 16.4 Å². The summed E-state index contributed by atoms with van der Waals surface area (Å²) in [6.07, 6.45) is 0. The van der Waals surface area contributed by atoms with Crippen molar-refractivity contribution < 1.29 is 13.2 Å². The summed E-state index contributed by atoms with van der Waals surface area (Å²) < 4.78 is 32.5. The number of nitrogen functional groups attached to an aromatic ring is 1. The second kappa shape index (κ2) is 8.97. The van der Waals surface area contributed by atoms with E-state index < -0.39 is 9.84 Å². The summed E-state index contributed by atoms with van der Waals surface area (Å²) >= 11 is 4.55. The van der Waals surface area contributed by atoms with Gasteiger partial charge in [0.15, 0.2) is 15.7 Å². The summed E-state index contributed by atoms with van der Waals surface area (Å²) in [5, 5.41) is 8.64. The minimum Gasteiger partial charge on any atom is -0.494 e. The van der Waals surface area contributed by atoms with E-state index in [2.05, 4.69) is 26.1 Å². The van der Waals surface area contributed by atoms with Gasteiger partial charge in [-0.1, -0.05) is 27.7 Å². The van der Waals surface area contributed by atoms with Gasteiger partial charge in [-0.3, -0.25) is 0 Å². The van der Waals surface area contributed by atoms with E-state index in [-0.39, 0.29) is 5.75 Å². The maximum atomic E-state index is 12.4. The SMILES string of the molecule is CCOc1ccc(-c2nnc(SCCS(=O)(=O)c3ccc(Br)cc3)n2N)cc1. The van der Waals surface area contributed by atoms with E-state index in [4.69, 9.17) is 10.6 Å². The van der Waals surface area contributed by atoms with Gasteiger partial charge in [0, 0.05) is 15.8 Å². The van der Waals surface area contributed by atoms with Crippen molar-refractivity contribution in [3.63, 3.8) is 0 Å². The average molecular weight is 483 g/mol. The summed E-state index contributed by atoms with van der Waals surface area (Å²) in [7, 11) is -3.37. The molecule has 0 spiro atoms. The normalized spacial score (nSPS) is 11.5. The molecule has 1 aromatic heterocycles. The Morgan fingerprint density at radius 3 is 2.43 bits per heavy atom. The van der Waals surface area contributed by atoms with Gasteiger partial charge in [-0.25, -0.2) is 13.1 Å². The highest BCUT2D eigenvalue weighted by atomic mass is 79.9. The summed E-state index contributed by atoms with van der Waals surface area (Å²) in [4.78, 5) is 0.292. The minimum atomic E-state index is -3.37. The first-order chi connectivity index (χ1) is 13.4. The van der Waals surface area contributed by atoms with Crippen molar-refractivity contribution in [3.8, 4) is 17.1 Å². The van der Waals surface area contributed by atoms with Crippen LogP contribution in [0.1, 0.15) is 6.92 Å². The molecule has 1 heterocycles. The number of hydrogen-bond donors (Lipinski definition) is 1. The van der Waals surface area contributed by atoms with Gasteiger partial charge in [0.05, 0.1) is 17.3 Å². The quantitative estimate of drug-likeness (QED) is 0.387. The fourth-order valence-electron chi connectivity index (χ4n) is 2.44. The van der Waals surface area contributed by atoms with Crippen molar-refractivity contribution >= 4 is 37.5 Å². The molecule has 0 saturated heterocycles. The molecule has 3 rings (SSSR count). The Balaban J connectivity index is 1.65. The summed E-state index contributed by atoms with van der Waals surface area (Å²) in [5.41, 5.74) is 0.799. The lowest BCUT2D eigenvalue weighted by Crippen LogP contribution is -2.13. The van der Waals surface area contributed by atoms with Gasteiger partial charge in [0.25, 0.3) is 0 Å². The number of nitrogens with two attached hydrogens (primary N) is 1. The van der Waals surface area contributed by atoms with Gasteiger partial charge >= 0.3 is 0 Å². The van der Waals surface area contributed by atoms with E-state index in [9.17, 15) is 8.42 Å². The fraction of sp³-hybridized carbons (Fsp3) is 0.222. The maximum Gasteiger partial charge on any atom is 0.210 e. The van der Waals surface area contributed by atoms with Crippen LogP contribution in [0, 0.1) is 0 Å². The monoisotopic (exact) mass is 482 g/mol. The first-order valence-electron chi connectivity index (χ1n) is 8.45. The smallest absolute Gasteiger partial charge is 0.210 e. The van der Waals surface area contributed by atoms with Crippen LogP contribution >= 0.6 is 27.7 Å². The molecule has 28 heavy (non-hydrogen) atoms. The topological polar surface area (TPSA) is 100 Å². The molecule has 0 radical (unpaired) electrons. The Morgan fingerprint density at radius 2 is 1.79 bits per heavy atom. The third-order valence-corrected chi connectivity index (χ3v) is 7.31. The summed E-state index contributed by atoms with van der Waals surface area (Å²) in [6.45, 7) is 2.52. The van der Waals surface area contributed by atoms with E-state index in [1.807, 2.05) is 31.2 Å². The molecule has 0 bridgehead atoms. The zero-order chi connectivity index (χ0) is 20.1. The molecule has 7 nitrogen and oxygen atoms in total. The number of nitrogens with zero attached hydrogens (tertiary/aromatic N) is 3. The average Bonchev–Trinajstić information content (AvgIpc) is 3.04. The van der Waals surface area contributed by atoms with Crippen LogP contribution in [-0.4, -0.2) is 41.4 Å². The van der Waals surface area contributed by atoms with Gasteiger partial charge in [-0.05, 0) is 55.5 Å². The molecule has 3 aromatic rings. The lowest BCUT2D eigenvalue weighted by molar-refractivity contribution is 0.340. The van der Waals surface area contributed by atoms with Crippen molar-refractivity contribution in [1.29, 1.82) is 0 Å². The third kappa shape index (κ3) is 4.86. The zero-order valence-corrected chi connectivity index (χ0v) is 18.3. The Hall–Kier alpha value is -2.04. The molecule has 0 atom stereocenters. The lowest BCUT2D eigenvalue weighted by Gasteiger charge is -2.06. The number of hydrogen-bond acceptors (Lipinski definition) is 7. The Bertz CT molecular complexity index is 1040. The highest BCUT2D eigenvalue weighted by Crippen LogP contribution is 2.24. The Morgan fingerprint density at radius 1 is 1.11 bits per heavy atom. The molecule has 148 valence electrons. The van der Waals surface area contributed by atoms with Gasteiger partial charge in [0.1, 0.15) is 5.75 Å². The molecule has 0 aliphatic heterocycles. The van der Waals surface area contributed by atoms with Gasteiger partial charge < -0.3 is 10.6 Å². The predicted molar refractivity (Wildman–Crippen MR) is 114 cm³/mol. The van der Waals surface area contributed by atoms with Crippen LogP contribution in [0.25, 0.3) is 11.4 Å². The van der Waals surface area contributed by atoms with E-state index >= 15 is 0 Å². The van der Waals surface area contributed by atoms with Crippen LogP contribution in [0.4, 0.5) is 0 Å². The second-order valence-corrected chi connectivity index (χ2v) is 9.84. The van der Waals surface area contributed by atoms with Crippen LogP contribution in [0.2, 0.25) is 0 Å². The highest BCUT2D eigenvalue weighted by Gasteiger charge is 2.17. The maximum absolute atomic E-state index is 12.4. The van der Waals surface area contributed by atoms with Crippen LogP contribution in [0.3, 0.4) is 0 Å². The van der Waals surface area contributed by atoms with Crippen LogP contribution < -0.4 is 10.6 Å². The summed E-state index contributed by atoms with van der Waals surface area (Å²) in [5.74, 6) is 7.65. The number of ether oxygens (including phenoxy) is 1. The van der Waals surface area contributed by atoms with Crippen molar-refractivity contribution in [2.24, 2.45) is 0 Å². The number of benzene rings is 2. The number of rotatable bonds is 8. The summed E-state index contributed by atoms with van der Waals surface area (Å²) in [6, 6.07) is 14.0. The molecule has 0 saturated carbocycles. The molecular weight excluding hydrogens is 464 g/mol. The van der Waals surface area contributed by atoms with Crippen molar-refractivity contribution in [2.45, 2.75) is 17.0 Å². The number of aromatic nitrogens is 3. The molecule has 0 fully saturated rings. The molecular formula is C18H19BrN4O3S2. The van der Waals surface area contributed by atoms with Gasteiger partial charge in [0.2, 0.25) is 5.16 Å². The molecule has 0 amide bonds. The Labute approximate surface area is 176 Å². The van der Waals surface area contributed by atoms with Crippen molar-refractivity contribution in [2.75, 3.05) is 24.0 Å². The fourth-order valence-corrected chi connectivity index (χ4v) is 5.21. The highest BCUT2D eigenvalue weighted by molar-refractivity contribution is 9.10. The number of halogens is 1. The first kappa shape index (κ1) is 20.7. The first-order valence-corrected chi connectivity index (χ1v) is 11.9. The largest absolute Gasteiger partial charge is 0.494 e. The molecule has 2 aromatic carbocycles. The zero-order valence-electron chi connectivity index (χ0n) is 15.1. The molecule has 0 unspecified atom stereocenters. The van der Waals surface area contributed by atoms with E-state index in [0.29, 0.717) is 28.2 Å². The Kier molecular flexibility index (Phi) is 6.63. The molecule has 0 aliphatic rings. The molecule has 10 heteroatoms. The van der Waals surface area contributed by atoms with Crippen LogP contribution in [0.5, 0.6) is 5.75 Å². The van der Waals surface area contributed by atoms with Gasteiger partial charge in [-0.2, -0.15) is 0 Å². The van der Waals surface area contributed by atoms with E-state index in [1.54, 1.807) is 24.3 Å². The molecule has 0 aliphatic carbocycles. The number of thioether (sulfide) groups is 1. The molecule has 2 N–H and O–H groups in total. The predicted octanol–water partition coefficient (Wildman–Crippen LogP) is 3.39. The van der Waals surface area contributed by atoms with Crippen LogP contribution in [-0.2, 0) is 9.84 Å². The minimum absolute atomic E-state index is 0.0233. The second-order valence-electron chi connectivity index (χ2n) is 5.75. The van der Waals surface area contributed by atoms with Crippen molar-refractivity contribution in [1.82, 2.24) is 14.9 Å². The standard InChI is InChI=1S/C18H19BrN4O3S2/c1-2-26-15-7-3-13(4-8-15)17-21-22-18(23(17)20)27-11-12-28(24,25)16-9-5-14(19)6-10-16/h3-10H,2,11-12,20H2,1H3. The number of sulfone groups is 1.